The zero-order chi connectivity index (χ0) is 32.1. The van der Waals surface area contributed by atoms with Crippen molar-refractivity contribution in [2.24, 2.45) is 0 Å². The number of ketones is 2. The summed E-state index contributed by atoms with van der Waals surface area (Å²) in [6.45, 7) is 18.1. The Morgan fingerprint density at radius 2 is 1.00 bits per heavy atom. The van der Waals surface area contributed by atoms with E-state index >= 15 is 0 Å². The van der Waals surface area contributed by atoms with Crippen LogP contribution in [-0.4, -0.2) is 32.6 Å². The summed E-state index contributed by atoms with van der Waals surface area (Å²) in [7, 11) is 0. The lowest BCUT2D eigenvalue weighted by Crippen LogP contribution is -2.27. The standard InChI is InChI=1S/C36H34N2O6/c1-9-35(5,6)37-19-25(23-15-11-13-17-27(23)37)29-31(41)34(44-22(4)40)30(32(42)33(29)43-21(3)39)26-20-38(36(7,8)10-2)28-18-14-12-16-24(26)28/h9-20H,1-2H2,3-8H3. The van der Waals surface area contributed by atoms with Gasteiger partial charge in [-0.3, -0.25) is 19.2 Å². The molecule has 8 nitrogen and oxygen atoms in total. The van der Waals surface area contributed by atoms with Crippen molar-refractivity contribution in [1.29, 1.82) is 0 Å². The van der Waals surface area contributed by atoms with Gasteiger partial charge >= 0.3 is 11.9 Å². The minimum atomic E-state index is -0.778. The summed E-state index contributed by atoms with van der Waals surface area (Å²) in [6, 6.07) is 14.7. The Morgan fingerprint density at radius 1 is 0.659 bits per heavy atom. The minimum absolute atomic E-state index is 0.171. The number of benzene rings is 2. The number of Topliss-reactive ketones (excluding diaryl/α,β-unsaturated/α-hetero) is 2. The SMILES string of the molecule is C=CC(C)(C)n1cc(C2=C(OC(C)=O)C(=O)C(c3cn(C(C)(C)C=C)c4ccccc34)=C(OC(C)=O)C2=O)c2ccccc21. The van der Waals surface area contributed by atoms with Gasteiger partial charge in [-0.15, -0.1) is 13.2 Å². The number of hydrogen-bond acceptors (Lipinski definition) is 6. The third-order valence-corrected chi connectivity index (χ3v) is 8.02. The lowest BCUT2D eigenvalue weighted by atomic mass is 9.85. The van der Waals surface area contributed by atoms with E-state index in [4.69, 9.17) is 9.47 Å². The second-order valence-electron chi connectivity index (χ2n) is 11.8. The van der Waals surface area contributed by atoms with Crippen molar-refractivity contribution < 1.29 is 28.7 Å². The van der Waals surface area contributed by atoms with Crippen LogP contribution in [0.15, 0.2) is 97.8 Å². The quantitative estimate of drug-likeness (QED) is 0.127. The molecule has 4 aromatic rings. The molecule has 0 saturated carbocycles. The molecule has 2 aromatic heterocycles. The van der Waals surface area contributed by atoms with E-state index in [1.807, 2.05) is 85.4 Å². The summed E-state index contributed by atoms with van der Waals surface area (Å²) in [4.78, 5) is 54.0. The minimum Gasteiger partial charge on any atom is -0.422 e. The number of para-hydroxylation sites is 2. The van der Waals surface area contributed by atoms with Gasteiger partial charge in [-0.05, 0) is 39.8 Å². The highest BCUT2D eigenvalue weighted by Gasteiger charge is 2.42. The van der Waals surface area contributed by atoms with Crippen LogP contribution in [-0.2, 0) is 39.7 Å². The highest BCUT2D eigenvalue weighted by molar-refractivity contribution is 6.48. The molecule has 0 saturated heterocycles. The van der Waals surface area contributed by atoms with E-state index in [1.54, 1.807) is 24.5 Å². The van der Waals surface area contributed by atoms with Gasteiger partial charge in [0.25, 0.3) is 0 Å². The molecular formula is C36H34N2O6. The largest absolute Gasteiger partial charge is 0.422 e. The van der Waals surface area contributed by atoms with E-state index in [0.29, 0.717) is 21.9 Å². The first-order chi connectivity index (χ1) is 20.7. The molecule has 0 bridgehead atoms. The highest BCUT2D eigenvalue weighted by atomic mass is 16.5. The van der Waals surface area contributed by atoms with Crippen LogP contribution in [0.3, 0.4) is 0 Å². The molecule has 0 radical (unpaired) electrons. The lowest BCUT2D eigenvalue weighted by molar-refractivity contribution is -0.141. The van der Waals surface area contributed by atoms with Crippen molar-refractivity contribution in [3.63, 3.8) is 0 Å². The van der Waals surface area contributed by atoms with E-state index in [-0.39, 0.29) is 11.1 Å². The molecule has 1 aliphatic rings. The summed E-state index contributed by atoms with van der Waals surface area (Å²) in [5.41, 5.74) is 0.725. The molecule has 0 N–H and O–H groups in total. The van der Waals surface area contributed by atoms with Crippen molar-refractivity contribution in [1.82, 2.24) is 9.13 Å². The number of aromatic nitrogens is 2. The molecule has 1 aliphatic carbocycles. The predicted octanol–water partition coefficient (Wildman–Crippen LogP) is 6.84. The number of hydrogen-bond donors (Lipinski definition) is 0. The molecular weight excluding hydrogens is 556 g/mol. The number of rotatable bonds is 8. The Balaban J connectivity index is 1.87. The van der Waals surface area contributed by atoms with Gasteiger partial charge in [-0.1, -0.05) is 48.6 Å². The number of esters is 2. The molecule has 44 heavy (non-hydrogen) atoms. The molecule has 5 rings (SSSR count). The number of nitrogens with zero attached hydrogens (tertiary/aromatic N) is 2. The van der Waals surface area contributed by atoms with Crippen molar-refractivity contribution >= 4 is 56.5 Å². The van der Waals surface area contributed by atoms with E-state index in [9.17, 15) is 19.2 Å². The summed E-state index contributed by atoms with van der Waals surface area (Å²) in [6.07, 6.45) is 6.99. The van der Waals surface area contributed by atoms with Gasteiger partial charge in [0.05, 0.1) is 22.2 Å². The van der Waals surface area contributed by atoms with Gasteiger partial charge in [0.15, 0.2) is 11.5 Å². The zero-order valence-corrected chi connectivity index (χ0v) is 25.7. The van der Waals surface area contributed by atoms with Crippen LogP contribution in [0.2, 0.25) is 0 Å². The summed E-state index contributed by atoms with van der Waals surface area (Å²) in [5, 5.41) is 1.27. The van der Waals surface area contributed by atoms with Gasteiger partial charge in [0.1, 0.15) is 0 Å². The van der Waals surface area contributed by atoms with Crippen molar-refractivity contribution in [2.45, 2.75) is 52.6 Å². The third kappa shape index (κ3) is 4.82. The summed E-state index contributed by atoms with van der Waals surface area (Å²) < 4.78 is 15.0. The molecule has 0 amide bonds. The Kier molecular flexibility index (Phi) is 7.41. The molecule has 0 spiro atoms. The van der Waals surface area contributed by atoms with Crippen molar-refractivity contribution in [3.8, 4) is 0 Å². The average Bonchev–Trinajstić information content (AvgIpc) is 3.56. The average molecular weight is 591 g/mol. The van der Waals surface area contributed by atoms with E-state index in [1.165, 1.54) is 0 Å². The van der Waals surface area contributed by atoms with Crippen LogP contribution in [0.25, 0.3) is 33.0 Å². The topological polar surface area (TPSA) is 96.6 Å². The Morgan fingerprint density at radius 3 is 1.32 bits per heavy atom. The molecule has 2 heterocycles. The Bertz CT molecular complexity index is 1850. The monoisotopic (exact) mass is 590 g/mol. The van der Waals surface area contributed by atoms with Crippen LogP contribution in [0.4, 0.5) is 0 Å². The van der Waals surface area contributed by atoms with E-state index < -0.39 is 46.1 Å². The zero-order valence-electron chi connectivity index (χ0n) is 25.7. The van der Waals surface area contributed by atoms with Gasteiger partial charge in [0, 0.05) is 59.2 Å². The van der Waals surface area contributed by atoms with Crippen molar-refractivity contribution in [2.75, 3.05) is 0 Å². The number of carbonyl (C=O) groups is 4. The maximum atomic E-state index is 14.6. The summed E-state index contributed by atoms with van der Waals surface area (Å²) >= 11 is 0. The predicted molar refractivity (Wildman–Crippen MR) is 170 cm³/mol. The Labute approximate surface area is 255 Å². The molecule has 0 fully saturated rings. The smallest absolute Gasteiger partial charge is 0.308 e. The maximum absolute atomic E-state index is 14.6. The molecule has 8 heteroatoms. The second-order valence-corrected chi connectivity index (χ2v) is 11.8. The number of carbonyl (C=O) groups excluding carboxylic acids is 4. The van der Waals surface area contributed by atoms with Crippen LogP contribution in [0.5, 0.6) is 0 Å². The molecule has 0 aliphatic heterocycles. The fourth-order valence-electron chi connectivity index (χ4n) is 5.54. The first kappa shape index (κ1) is 30.2. The number of ether oxygens (including phenoxy) is 2. The first-order valence-electron chi connectivity index (χ1n) is 14.2. The normalized spacial score (nSPS) is 14.4. The molecule has 0 atom stereocenters. The van der Waals surface area contributed by atoms with Gasteiger partial charge in [-0.25, -0.2) is 0 Å². The Hall–Kier alpha value is -5.24. The molecule has 2 aromatic carbocycles. The van der Waals surface area contributed by atoms with Crippen molar-refractivity contribution in [3.05, 3.63) is 109 Å². The molecule has 224 valence electrons. The maximum Gasteiger partial charge on any atom is 0.308 e. The first-order valence-corrected chi connectivity index (χ1v) is 14.2. The number of fused-ring (bicyclic) bond motifs is 2. The van der Waals surface area contributed by atoms with Crippen LogP contribution >= 0.6 is 0 Å². The fraction of sp³-hybridized carbons (Fsp3) is 0.222. The summed E-state index contributed by atoms with van der Waals surface area (Å²) in [5.74, 6) is -3.95. The van der Waals surface area contributed by atoms with Crippen LogP contribution < -0.4 is 0 Å². The van der Waals surface area contributed by atoms with E-state index in [2.05, 4.69) is 13.2 Å². The number of allylic oxidation sites excluding steroid dienone is 4. The van der Waals surface area contributed by atoms with Crippen LogP contribution in [0, 0.1) is 0 Å². The van der Waals surface area contributed by atoms with Gasteiger partial charge in [0.2, 0.25) is 11.6 Å². The fourth-order valence-corrected chi connectivity index (χ4v) is 5.54. The van der Waals surface area contributed by atoms with Crippen LogP contribution in [0.1, 0.15) is 52.7 Å². The highest BCUT2D eigenvalue weighted by Crippen LogP contribution is 2.43. The van der Waals surface area contributed by atoms with E-state index in [0.717, 1.165) is 24.9 Å². The van der Waals surface area contributed by atoms with Gasteiger partial charge in [-0.2, -0.15) is 0 Å². The van der Waals surface area contributed by atoms with Gasteiger partial charge < -0.3 is 18.6 Å². The molecule has 0 unspecified atom stereocenters. The lowest BCUT2D eigenvalue weighted by Gasteiger charge is -2.24. The second kappa shape index (κ2) is 10.8. The third-order valence-electron chi connectivity index (χ3n) is 8.02.